The molecule has 0 aliphatic carbocycles. The topological polar surface area (TPSA) is 98.9 Å². The lowest BCUT2D eigenvalue weighted by atomic mass is 9.88. The zero-order valence-electron chi connectivity index (χ0n) is 21.0. The number of likely N-dealkylation sites (tertiary alicyclic amines) is 1. The summed E-state index contributed by atoms with van der Waals surface area (Å²) in [5, 5.41) is 11.4. The maximum absolute atomic E-state index is 11.5. The molecule has 2 unspecified atom stereocenters. The van der Waals surface area contributed by atoms with Crippen molar-refractivity contribution >= 4 is 39.0 Å². The number of para-hydroxylation sites is 1. The lowest BCUT2D eigenvalue weighted by Gasteiger charge is -2.33. The van der Waals surface area contributed by atoms with Gasteiger partial charge >= 0.3 is 5.97 Å². The van der Waals surface area contributed by atoms with Crippen LogP contribution in [0, 0.1) is 0 Å². The summed E-state index contributed by atoms with van der Waals surface area (Å²) in [6, 6.07) is 7.93. The van der Waals surface area contributed by atoms with Crippen LogP contribution in [0.15, 0.2) is 35.2 Å². The molecule has 38 heavy (non-hydrogen) atoms. The van der Waals surface area contributed by atoms with Gasteiger partial charge < -0.3 is 23.9 Å². The van der Waals surface area contributed by atoms with Crippen LogP contribution >= 0.6 is 22.7 Å². The number of aromatic nitrogens is 3. The summed E-state index contributed by atoms with van der Waals surface area (Å²) in [4.78, 5) is 24.3. The van der Waals surface area contributed by atoms with Crippen LogP contribution in [0.2, 0.25) is 0 Å². The number of hydrogen-bond acceptors (Lipinski definition) is 9. The molecule has 3 aliphatic heterocycles. The Morgan fingerprint density at radius 1 is 1.24 bits per heavy atom. The van der Waals surface area contributed by atoms with Crippen LogP contribution in [0.4, 0.5) is 0 Å². The maximum Gasteiger partial charge on any atom is 0.346 e. The van der Waals surface area contributed by atoms with Crippen molar-refractivity contribution in [3.8, 4) is 11.5 Å². The number of thiophene rings is 1. The first-order valence-corrected chi connectivity index (χ1v) is 14.7. The smallest absolute Gasteiger partial charge is 0.346 e. The van der Waals surface area contributed by atoms with Gasteiger partial charge in [-0.05, 0) is 50.4 Å². The molecule has 0 radical (unpaired) electrons. The number of nitrogens with zero attached hydrogens (tertiary/aromatic N) is 4. The molecular formula is C27H28N4O5S2. The third-order valence-electron chi connectivity index (χ3n) is 7.82. The van der Waals surface area contributed by atoms with Gasteiger partial charge in [0.15, 0.2) is 11.5 Å². The van der Waals surface area contributed by atoms with Gasteiger partial charge in [-0.15, -0.1) is 22.7 Å². The van der Waals surface area contributed by atoms with E-state index in [1.807, 2.05) is 24.4 Å². The fourth-order valence-electron chi connectivity index (χ4n) is 5.64. The van der Waals surface area contributed by atoms with E-state index in [4.69, 9.17) is 19.2 Å². The van der Waals surface area contributed by atoms with Crippen LogP contribution < -0.4 is 9.47 Å². The first-order chi connectivity index (χ1) is 18.5. The Hall–Kier alpha value is -2.99. The Labute approximate surface area is 227 Å². The van der Waals surface area contributed by atoms with Crippen LogP contribution in [0.25, 0.3) is 10.3 Å². The number of rotatable bonds is 7. The fourth-order valence-corrected chi connectivity index (χ4v) is 7.17. The van der Waals surface area contributed by atoms with Crippen molar-refractivity contribution in [2.24, 2.45) is 0 Å². The standard InChI is InChI=1S/C27H28N4O5S2/c1-27(22-14-37-15-28-22)35-20-4-2-3-18(24(20)36-27)16-5-8-30(9-6-16)13-23-29-25-19(11-21(38-25)26(32)33)31(23)12-17-7-10-34-17/h2-4,11,14-17H,5-10,12-13H2,1H3,(H,32,33). The molecule has 1 N–H and O–H groups in total. The molecule has 2 saturated heterocycles. The van der Waals surface area contributed by atoms with Crippen LogP contribution in [0.3, 0.4) is 0 Å². The summed E-state index contributed by atoms with van der Waals surface area (Å²) in [5.74, 6) is 1.18. The molecule has 2 atom stereocenters. The predicted octanol–water partition coefficient (Wildman–Crippen LogP) is 5.07. The average Bonchev–Trinajstić information content (AvgIpc) is 3.65. The van der Waals surface area contributed by atoms with E-state index in [0.717, 1.165) is 78.9 Å². The molecule has 2 fully saturated rings. The van der Waals surface area contributed by atoms with Crippen LogP contribution in [0.1, 0.15) is 58.9 Å². The number of imidazole rings is 1. The molecule has 0 saturated carbocycles. The Morgan fingerprint density at radius 2 is 2.08 bits per heavy atom. The number of fused-ring (bicyclic) bond motifs is 2. The second-order valence-corrected chi connectivity index (χ2v) is 12.0. The van der Waals surface area contributed by atoms with Gasteiger partial charge in [-0.1, -0.05) is 12.1 Å². The second-order valence-electron chi connectivity index (χ2n) is 10.3. The first kappa shape index (κ1) is 24.1. The van der Waals surface area contributed by atoms with Crippen molar-refractivity contribution in [1.82, 2.24) is 19.4 Å². The monoisotopic (exact) mass is 552 g/mol. The lowest BCUT2D eigenvalue weighted by molar-refractivity contribution is -0.0717. The Balaban J connectivity index is 1.07. The lowest BCUT2D eigenvalue weighted by Crippen LogP contribution is -2.35. The van der Waals surface area contributed by atoms with E-state index in [1.165, 1.54) is 28.2 Å². The van der Waals surface area contributed by atoms with Gasteiger partial charge in [-0.25, -0.2) is 14.8 Å². The molecule has 6 heterocycles. The largest absolute Gasteiger partial charge is 0.477 e. The van der Waals surface area contributed by atoms with Crippen molar-refractivity contribution in [1.29, 1.82) is 0 Å². The molecule has 198 valence electrons. The highest BCUT2D eigenvalue weighted by molar-refractivity contribution is 7.20. The zero-order valence-corrected chi connectivity index (χ0v) is 22.6. The fraction of sp³-hybridized carbons (Fsp3) is 0.444. The minimum atomic E-state index is -0.906. The molecule has 1 aromatic carbocycles. The van der Waals surface area contributed by atoms with Crippen molar-refractivity contribution in [3.05, 3.63) is 57.1 Å². The minimum absolute atomic E-state index is 0.169. The first-order valence-electron chi connectivity index (χ1n) is 12.9. The van der Waals surface area contributed by atoms with Crippen LogP contribution in [-0.4, -0.2) is 56.3 Å². The van der Waals surface area contributed by atoms with Gasteiger partial charge in [0.05, 0.1) is 30.2 Å². The molecule has 7 rings (SSSR count). The average molecular weight is 553 g/mol. The highest BCUT2D eigenvalue weighted by Crippen LogP contribution is 2.49. The number of carboxylic acid groups (broad SMARTS) is 1. The Morgan fingerprint density at radius 3 is 2.79 bits per heavy atom. The minimum Gasteiger partial charge on any atom is -0.477 e. The molecule has 3 aliphatic rings. The molecule has 11 heteroatoms. The van der Waals surface area contributed by atoms with Gasteiger partial charge in [-0.3, -0.25) is 4.90 Å². The van der Waals surface area contributed by atoms with Crippen LogP contribution in [0.5, 0.6) is 11.5 Å². The molecule has 9 nitrogen and oxygen atoms in total. The summed E-state index contributed by atoms with van der Waals surface area (Å²) in [6.07, 6.45) is 3.21. The number of carboxylic acids is 1. The molecule has 0 spiro atoms. The maximum atomic E-state index is 11.5. The number of thiazole rings is 1. The Kier molecular flexibility index (Phi) is 5.91. The highest BCUT2D eigenvalue weighted by atomic mass is 32.1. The number of benzene rings is 1. The summed E-state index contributed by atoms with van der Waals surface area (Å²) < 4.78 is 20.5. The molecule has 0 amide bonds. The molecular weight excluding hydrogens is 524 g/mol. The number of ether oxygens (including phenoxy) is 3. The van der Waals surface area contributed by atoms with E-state index < -0.39 is 11.8 Å². The SMILES string of the molecule is CC1(c2cscn2)Oc2cccc(C3CCN(Cc4nc5sc(C(=O)O)cc5n4CC4CCO4)CC3)c2O1. The van der Waals surface area contributed by atoms with E-state index in [2.05, 4.69) is 20.5 Å². The molecule has 3 aromatic heterocycles. The number of piperidine rings is 1. The number of carbonyl (C=O) groups is 1. The predicted molar refractivity (Wildman–Crippen MR) is 143 cm³/mol. The van der Waals surface area contributed by atoms with Gasteiger partial charge in [-0.2, -0.15) is 0 Å². The van der Waals surface area contributed by atoms with E-state index in [1.54, 1.807) is 11.6 Å². The van der Waals surface area contributed by atoms with Crippen molar-refractivity contribution in [2.75, 3.05) is 19.7 Å². The third kappa shape index (κ3) is 4.17. The van der Waals surface area contributed by atoms with E-state index in [9.17, 15) is 9.90 Å². The van der Waals surface area contributed by atoms with Gasteiger partial charge in [0.2, 0.25) is 0 Å². The molecule has 4 aromatic rings. The van der Waals surface area contributed by atoms with Gasteiger partial charge in [0.25, 0.3) is 5.79 Å². The van der Waals surface area contributed by atoms with Crippen molar-refractivity contribution < 1.29 is 24.1 Å². The van der Waals surface area contributed by atoms with Crippen molar-refractivity contribution in [3.63, 3.8) is 0 Å². The van der Waals surface area contributed by atoms with Crippen LogP contribution in [-0.2, 0) is 23.6 Å². The van der Waals surface area contributed by atoms with E-state index in [-0.39, 0.29) is 6.10 Å². The summed E-state index contributed by atoms with van der Waals surface area (Å²) in [7, 11) is 0. The quantitative estimate of drug-likeness (QED) is 0.340. The van der Waals surface area contributed by atoms with Gasteiger partial charge in [0, 0.05) is 24.5 Å². The third-order valence-corrected chi connectivity index (χ3v) is 9.41. The summed E-state index contributed by atoms with van der Waals surface area (Å²) in [5.41, 5.74) is 4.68. The number of hydrogen-bond donors (Lipinski definition) is 1. The zero-order chi connectivity index (χ0) is 25.9. The Bertz CT molecular complexity index is 1490. The normalized spacial score (nSPS) is 23.7. The summed E-state index contributed by atoms with van der Waals surface area (Å²) in [6.45, 7) is 6.05. The van der Waals surface area contributed by atoms with Gasteiger partial charge in [0.1, 0.15) is 21.2 Å². The molecule has 0 bridgehead atoms. The van der Waals surface area contributed by atoms with E-state index >= 15 is 0 Å². The highest BCUT2D eigenvalue weighted by Gasteiger charge is 2.42. The van der Waals surface area contributed by atoms with Crippen molar-refractivity contribution in [2.45, 2.75) is 57.1 Å². The second kappa shape index (κ2) is 9.33. The number of aromatic carboxylic acids is 1. The summed E-state index contributed by atoms with van der Waals surface area (Å²) >= 11 is 2.78. The van der Waals surface area contributed by atoms with E-state index in [0.29, 0.717) is 17.3 Å².